The number of methoxy groups -OCH3 is 1. The first-order valence-electron chi connectivity index (χ1n) is 14.5. The summed E-state index contributed by atoms with van der Waals surface area (Å²) in [5, 5.41) is 4.73. The number of benzene rings is 2. The molecule has 9 heteroatoms. The van der Waals surface area contributed by atoms with Crippen molar-refractivity contribution in [3.63, 3.8) is 0 Å². The van der Waals surface area contributed by atoms with Gasteiger partial charge in [-0.1, -0.05) is 18.2 Å². The Labute approximate surface area is 260 Å². The number of para-hydroxylation sites is 1. The molecule has 7 nitrogen and oxygen atoms in total. The lowest BCUT2D eigenvalue weighted by atomic mass is 9.95. The fourth-order valence-electron chi connectivity index (χ4n) is 5.68. The van der Waals surface area contributed by atoms with Crippen LogP contribution in [0.15, 0.2) is 70.6 Å². The highest BCUT2D eigenvalue weighted by Crippen LogP contribution is 2.40. The Kier molecular flexibility index (Phi) is 8.27. The number of thiophene rings is 1. The van der Waals surface area contributed by atoms with Gasteiger partial charge in [-0.05, 0) is 118 Å². The van der Waals surface area contributed by atoms with Gasteiger partial charge in [-0.2, -0.15) is 0 Å². The number of likely N-dealkylation sites (N-methyl/N-ethyl adjacent to an activating group) is 1. The maximum atomic E-state index is 13.8. The van der Waals surface area contributed by atoms with E-state index in [-0.39, 0.29) is 11.8 Å². The van der Waals surface area contributed by atoms with E-state index in [0.717, 1.165) is 70.3 Å². The molecule has 0 bridgehead atoms. The van der Waals surface area contributed by atoms with Gasteiger partial charge in [0.2, 0.25) is 0 Å². The van der Waals surface area contributed by atoms with Gasteiger partial charge in [-0.25, -0.2) is 4.99 Å². The summed E-state index contributed by atoms with van der Waals surface area (Å²) in [5.74, 6) is 0.626. The lowest BCUT2D eigenvalue weighted by Crippen LogP contribution is -2.28. The summed E-state index contributed by atoms with van der Waals surface area (Å²) in [6.07, 6.45) is 6.09. The summed E-state index contributed by atoms with van der Waals surface area (Å²) in [5.41, 5.74) is 6.45. The molecule has 2 aliphatic rings. The van der Waals surface area contributed by atoms with Crippen molar-refractivity contribution in [2.45, 2.75) is 46.5 Å². The number of amidine groups is 1. The molecule has 1 N–H and O–H groups in total. The fourth-order valence-corrected chi connectivity index (χ4v) is 8.23. The second kappa shape index (κ2) is 12.3. The van der Waals surface area contributed by atoms with Crippen LogP contribution in [-0.4, -0.2) is 40.1 Å². The third kappa shape index (κ3) is 5.67. The van der Waals surface area contributed by atoms with Gasteiger partial charge in [0, 0.05) is 28.5 Å². The van der Waals surface area contributed by atoms with Gasteiger partial charge in [0.05, 0.1) is 23.3 Å². The van der Waals surface area contributed by atoms with Crippen LogP contribution in [0.3, 0.4) is 0 Å². The molecule has 2 aromatic heterocycles. The smallest absolute Gasteiger partial charge is 0.266 e. The van der Waals surface area contributed by atoms with Gasteiger partial charge in [-0.3, -0.25) is 14.5 Å². The quantitative estimate of drug-likeness (QED) is 0.216. The maximum Gasteiger partial charge on any atom is 0.266 e. The zero-order valence-electron chi connectivity index (χ0n) is 24.8. The molecule has 0 unspecified atom stereocenters. The molecule has 1 fully saturated rings. The molecule has 4 aromatic rings. The molecule has 6 rings (SSSR count). The minimum absolute atomic E-state index is 0.0564. The molecule has 2 aromatic carbocycles. The molecular formula is C34H34N4O3S2. The Hall–Kier alpha value is -4.08. The van der Waals surface area contributed by atoms with E-state index in [2.05, 4.69) is 29.8 Å². The summed E-state index contributed by atoms with van der Waals surface area (Å²) in [6.45, 7) is 6.60. The summed E-state index contributed by atoms with van der Waals surface area (Å²) >= 11 is 3.11. The summed E-state index contributed by atoms with van der Waals surface area (Å²) in [7, 11) is 1.63. The van der Waals surface area contributed by atoms with Crippen LogP contribution in [0.2, 0.25) is 0 Å². The third-order valence-corrected chi connectivity index (χ3v) is 10.2. The lowest BCUT2D eigenvalue weighted by Gasteiger charge is -2.14. The van der Waals surface area contributed by atoms with E-state index in [1.54, 1.807) is 23.3 Å². The first kappa shape index (κ1) is 29.0. The topological polar surface area (TPSA) is 75.9 Å². The van der Waals surface area contributed by atoms with Crippen LogP contribution in [0.5, 0.6) is 5.75 Å². The van der Waals surface area contributed by atoms with Crippen LogP contribution in [0, 0.1) is 13.8 Å². The molecule has 3 heterocycles. The zero-order valence-corrected chi connectivity index (χ0v) is 26.4. The SMILES string of the molecule is CCN1C(=O)/C(=C\c2cc(C)n(-c3sc4c(c3C(=O)Nc3ccccc3)CCCC4)c2C)SC1=Nc1ccc(OC)cc1. The Balaban J connectivity index is 1.36. The van der Waals surface area contributed by atoms with Gasteiger partial charge in [0.1, 0.15) is 10.8 Å². The monoisotopic (exact) mass is 610 g/mol. The fraction of sp³-hybridized carbons (Fsp3) is 0.265. The number of nitrogens with one attached hydrogen (secondary N) is 1. The van der Waals surface area contributed by atoms with Crippen molar-refractivity contribution in [1.29, 1.82) is 0 Å². The second-order valence-electron chi connectivity index (χ2n) is 10.6. The summed E-state index contributed by atoms with van der Waals surface area (Å²) < 4.78 is 7.44. The van der Waals surface area contributed by atoms with Crippen LogP contribution in [0.4, 0.5) is 11.4 Å². The predicted octanol–water partition coefficient (Wildman–Crippen LogP) is 7.92. The van der Waals surface area contributed by atoms with E-state index in [0.29, 0.717) is 16.6 Å². The Morgan fingerprint density at radius 2 is 1.81 bits per heavy atom. The minimum Gasteiger partial charge on any atom is -0.497 e. The molecule has 0 radical (unpaired) electrons. The van der Waals surface area contributed by atoms with E-state index < -0.39 is 0 Å². The van der Waals surface area contributed by atoms with Crippen LogP contribution in [0.1, 0.15) is 57.5 Å². The highest BCUT2D eigenvalue weighted by Gasteiger charge is 2.33. The number of aliphatic imine (C=N–C) groups is 1. The molecule has 0 atom stereocenters. The maximum absolute atomic E-state index is 13.8. The lowest BCUT2D eigenvalue weighted by molar-refractivity contribution is -0.122. The van der Waals surface area contributed by atoms with Crippen molar-refractivity contribution in [2.75, 3.05) is 19.0 Å². The van der Waals surface area contributed by atoms with E-state index in [1.165, 1.54) is 22.2 Å². The van der Waals surface area contributed by atoms with Crippen molar-refractivity contribution in [1.82, 2.24) is 9.47 Å². The number of hydrogen-bond donors (Lipinski definition) is 1. The summed E-state index contributed by atoms with van der Waals surface area (Å²) in [6, 6.07) is 19.2. The van der Waals surface area contributed by atoms with Gasteiger partial charge in [0.15, 0.2) is 5.17 Å². The number of thioether (sulfide) groups is 1. The van der Waals surface area contributed by atoms with Crippen LogP contribution >= 0.6 is 23.1 Å². The standard InChI is InChI=1S/C34H34N4O3S2/c1-5-37-32(40)29(43-34(37)36-25-15-17-26(41-4)18-16-25)20-23-19-21(2)38(22(23)3)33-30(27-13-9-10-14-28(27)42-33)31(39)35-24-11-7-6-8-12-24/h6-8,11-12,15-20H,5,9-10,13-14H2,1-4H3,(H,35,39)/b29-20+,36-34?. The van der Waals surface area contributed by atoms with Gasteiger partial charge in [0.25, 0.3) is 11.8 Å². The number of ether oxygens (including phenoxy) is 1. The number of amides is 2. The van der Waals surface area contributed by atoms with Gasteiger partial charge in [-0.15, -0.1) is 11.3 Å². The molecule has 1 aliphatic heterocycles. The number of fused-ring (bicyclic) bond motifs is 1. The van der Waals surface area contributed by atoms with E-state index >= 15 is 0 Å². The van der Waals surface area contributed by atoms with E-state index in [4.69, 9.17) is 9.73 Å². The number of aromatic nitrogens is 1. The first-order valence-corrected chi connectivity index (χ1v) is 16.2. The molecular weight excluding hydrogens is 577 g/mol. The number of carbonyl (C=O) groups is 2. The van der Waals surface area contributed by atoms with Crippen molar-refractivity contribution in [2.24, 2.45) is 4.99 Å². The Bertz CT molecular complexity index is 1750. The highest BCUT2D eigenvalue weighted by molar-refractivity contribution is 8.18. The number of carbonyl (C=O) groups excluding carboxylic acids is 2. The minimum atomic E-state index is -0.0764. The van der Waals surface area contributed by atoms with E-state index in [1.807, 2.05) is 67.6 Å². The number of rotatable bonds is 7. The first-order chi connectivity index (χ1) is 20.9. The average molecular weight is 611 g/mol. The second-order valence-corrected chi connectivity index (χ2v) is 12.7. The molecule has 2 amide bonds. The molecule has 0 saturated carbocycles. The number of anilines is 1. The largest absolute Gasteiger partial charge is 0.497 e. The van der Waals surface area contributed by atoms with Crippen molar-refractivity contribution in [3.8, 4) is 10.8 Å². The van der Waals surface area contributed by atoms with Crippen molar-refractivity contribution in [3.05, 3.63) is 98.5 Å². The van der Waals surface area contributed by atoms with Crippen LogP contribution < -0.4 is 10.1 Å². The van der Waals surface area contributed by atoms with Crippen molar-refractivity contribution >= 4 is 57.5 Å². The van der Waals surface area contributed by atoms with Crippen molar-refractivity contribution < 1.29 is 14.3 Å². The molecule has 220 valence electrons. The highest BCUT2D eigenvalue weighted by atomic mass is 32.2. The Morgan fingerprint density at radius 3 is 2.53 bits per heavy atom. The van der Waals surface area contributed by atoms with E-state index in [9.17, 15) is 9.59 Å². The van der Waals surface area contributed by atoms with Crippen LogP contribution in [0.25, 0.3) is 11.1 Å². The molecule has 1 aliphatic carbocycles. The summed E-state index contributed by atoms with van der Waals surface area (Å²) in [4.78, 5) is 35.6. The number of nitrogens with zero attached hydrogens (tertiary/aromatic N) is 3. The predicted molar refractivity (Wildman–Crippen MR) is 177 cm³/mol. The third-order valence-electron chi connectivity index (χ3n) is 7.87. The zero-order chi connectivity index (χ0) is 30.1. The van der Waals surface area contributed by atoms with Gasteiger partial charge < -0.3 is 14.6 Å². The number of hydrogen-bond acceptors (Lipinski definition) is 6. The molecule has 1 saturated heterocycles. The normalized spacial score (nSPS) is 16.7. The Morgan fingerprint density at radius 1 is 1.07 bits per heavy atom. The van der Waals surface area contributed by atoms with Gasteiger partial charge >= 0.3 is 0 Å². The van der Waals surface area contributed by atoms with Crippen LogP contribution in [-0.2, 0) is 17.6 Å². The molecule has 43 heavy (non-hydrogen) atoms. The number of aryl methyl sites for hydroxylation is 2. The average Bonchev–Trinajstić information content (AvgIpc) is 3.63. The molecule has 0 spiro atoms.